The van der Waals surface area contributed by atoms with E-state index in [9.17, 15) is 0 Å². The fourth-order valence-electron chi connectivity index (χ4n) is 9.62. The lowest BCUT2D eigenvalue weighted by molar-refractivity contribution is 0.359. The lowest BCUT2D eigenvalue weighted by Crippen LogP contribution is -2.27. The zero-order valence-corrected chi connectivity index (χ0v) is 28.3. The van der Waals surface area contributed by atoms with Gasteiger partial charge in [0.1, 0.15) is 0 Å². The number of benzene rings is 7. The van der Waals surface area contributed by atoms with E-state index in [4.69, 9.17) is 9.47 Å². The number of fused-ring (bicyclic) bond motifs is 14. The first kappa shape index (κ1) is 28.2. The minimum Gasteiger partial charge on any atom is -0.450 e. The van der Waals surface area contributed by atoms with Crippen LogP contribution >= 0.6 is 0 Å². The number of rotatable bonds is 2. The van der Waals surface area contributed by atoms with E-state index in [1.807, 2.05) is 24.3 Å². The second kappa shape index (κ2) is 10.2. The quantitative estimate of drug-likeness (QED) is 0.183. The van der Waals surface area contributed by atoms with Crippen LogP contribution in [0.15, 0.2) is 169 Å². The van der Waals surface area contributed by atoms with Crippen molar-refractivity contribution in [3.05, 3.63) is 192 Å². The van der Waals surface area contributed by atoms with Crippen molar-refractivity contribution in [2.24, 2.45) is 0 Å². The van der Waals surface area contributed by atoms with Crippen molar-refractivity contribution in [2.45, 2.75) is 18.3 Å². The van der Waals surface area contributed by atoms with Crippen LogP contribution in [0.5, 0.6) is 23.0 Å². The molecule has 0 saturated carbocycles. The van der Waals surface area contributed by atoms with Crippen LogP contribution in [0.2, 0.25) is 0 Å². The van der Waals surface area contributed by atoms with Crippen molar-refractivity contribution in [1.29, 1.82) is 0 Å². The maximum absolute atomic E-state index is 6.57. The molecule has 244 valence electrons. The van der Waals surface area contributed by atoms with Crippen LogP contribution in [0.1, 0.15) is 35.1 Å². The highest BCUT2D eigenvalue weighted by molar-refractivity contribution is 6.10. The minimum absolute atomic E-state index is 0.466. The minimum atomic E-state index is -0.466. The molecule has 0 bridgehead atoms. The molecule has 1 aromatic heterocycles. The molecule has 2 heterocycles. The van der Waals surface area contributed by atoms with E-state index in [2.05, 4.69) is 144 Å². The van der Waals surface area contributed by atoms with Crippen LogP contribution in [-0.4, -0.2) is 4.57 Å². The maximum Gasteiger partial charge on any atom is 0.170 e. The number of para-hydroxylation sites is 4. The Labute approximate surface area is 301 Å². The van der Waals surface area contributed by atoms with Crippen molar-refractivity contribution in [3.63, 3.8) is 0 Å². The van der Waals surface area contributed by atoms with Gasteiger partial charge in [-0.25, -0.2) is 0 Å². The Morgan fingerprint density at radius 1 is 0.481 bits per heavy atom. The van der Waals surface area contributed by atoms with Crippen molar-refractivity contribution >= 4 is 27.4 Å². The molecule has 1 aliphatic heterocycles. The van der Waals surface area contributed by atoms with Gasteiger partial charge in [-0.15, -0.1) is 0 Å². The summed E-state index contributed by atoms with van der Waals surface area (Å²) in [7, 11) is 0. The Hall–Kier alpha value is -6.58. The Kier molecular flexibility index (Phi) is 5.55. The highest BCUT2D eigenvalue weighted by Crippen LogP contribution is 2.65. The molecule has 3 aliphatic carbocycles. The Morgan fingerprint density at radius 2 is 1.17 bits per heavy atom. The predicted molar refractivity (Wildman–Crippen MR) is 210 cm³/mol. The fraction of sp³-hybridized carbons (Fsp3) is 0.0612. The van der Waals surface area contributed by atoms with Crippen LogP contribution in [0.4, 0.5) is 0 Å². The monoisotopic (exact) mass is 665 g/mol. The lowest BCUT2D eigenvalue weighted by Gasteiger charge is -2.33. The van der Waals surface area contributed by atoms with Crippen LogP contribution in [0, 0.1) is 0 Å². The van der Waals surface area contributed by atoms with Gasteiger partial charge >= 0.3 is 0 Å². The average Bonchev–Trinajstić information content (AvgIpc) is 3.80. The fourth-order valence-corrected chi connectivity index (χ4v) is 9.62. The number of hydrogen-bond acceptors (Lipinski definition) is 2. The number of hydrogen-bond donors (Lipinski definition) is 0. The van der Waals surface area contributed by atoms with Gasteiger partial charge in [-0.05, 0) is 129 Å². The molecule has 7 aromatic carbocycles. The second-order valence-electron chi connectivity index (χ2n) is 14.3. The third-order valence-electron chi connectivity index (χ3n) is 11.7. The van der Waals surface area contributed by atoms with Gasteiger partial charge in [-0.2, -0.15) is 0 Å². The van der Waals surface area contributed by atoms with E-state index in [-0.39, 0.29) is 0 Å². The van der Waals surface area contributed by atoms with E-state index in [0.717, 1.165) is 35.8 Å². The van der Waals surface area contributed by atoms with Crippen molar-refractivity contribution in [1.82, 2.24) is 4.57 Å². The summed E-state index contributed by atoms with van der Waals surface area (Å²) in [5.74, 6) is 3.00. The van der Waals surface area contributed by atoms with Gasteiger partial charge in [-0.1, -0.05) is 103 Å². The summed E-state index contributed by atoms with van der Waals surface area (Å²) in [5, 5.41) is 2.51. The normalized spacial score (nSPS) is 17.3. The molecule has 8 aromatic rings. The first-order valence-corrected chi connectivity index (χ1v) is 18.1. The summed E-state index contributed by atoms with van der Waals surface area (Å²) in [6.07, 6.45) is 6.85. The summed E-state index contributed by atoms with van der Waals surface area (Å²) < 4.78 is 15.4. The van der Waals surface area contributed by atoms with E-state index in [1.54, 1.807) is 0 Å². The largest absolute Gasteiger partial charge is 0.450 e. The molecule has 52 heavy (non-hydrogen) atoms. The molecule has 0 saturated heterocycles. The maximum atomic E-state index is 6.57. The zero-order chi connectivity index (χ0) is 34.0. The molecule has 0 amide bonds. The molecule has 4 aliphatic rings. The van der Waals surface area contributed by atoms with Gasteiger partial charge in [0.25, 0.3) is 0 Å². The third-order valence-corrected chi connectivity index (χ3v) is 11.7. The summed E-state index contributed by atoms with van der Waals surface area (Å²) in [4.78, 5) is 0. The molecule has 1 atom stereocenters. The van der Waals surface area contributed by atoms with Gasteiger partial charge in [0.05, 0.1) is 16.4 Å². The second-order valence-corrected chi connectivity index (χ2v) is 14.3. The summed E-state index contributed by atoms with van der Waals surface area (Å²) in [5.41, 5.74) is 16.1. The van der Waals surface area contributed by atoms with Gasteiger partial charge in [0.2, 0.25) is 0 Å². The molecule has 12 rings (SSSR count). The van der Waals surface area contributed by atoms with Crippen LogP contribution in [0.25, 0.3) is 55.3 Å². The SMILES string of the molecule is C1=CC2=C(CC1)c1ccccc1C21c2cc(-c3ccc4c(c3)c3ccccc3n4-c3ccccc3)ccc2-c2cc3c(cc21)Oc1ccccc1O3. The topological polar surface area (TPSA) is 23.4 Å². The highest BCUT2D eigenvalue weighted by atomic mass is 16.6. The summed E-state index contributed by atoms with van der Waals surface area (Å²) in [6, 6.07) is 55.0. The molecule has 3 nitrogen and oxygen atoms in total. The van der Waals surface area contributed by atoms with Crippen LogP contribution < -0.4 is 9.47 Å². The zero-order valence-electron chi connectivity index (χ0n) is 28.3. The molecule has 1 unspecified atom stereocenters. The first-order valence-electron chi connectivity index (χ1n) is 18.1. The Morgan fingerprint density at radius 3 is 2.06 bits per heavy atom. The molecule has 0 fully saturated rings. The van der Waals surface area contributed by atoms with E-state index in [0.29, 0.717) is 0 Å². The van der Waals surface area contributed by atoms with Crippen LogP contribution in [0.3, 0.4) is 0 Å². The van der Waals surface area contributed by atoms with Crippen molar-refractivity contribution < 1.29 is 9.47 Å². The average molecular weight is 666 g/mol. The van der Waals surface area contributed by atoms with Gasteiger partial charge < -0.3 is 14.0 Å². The number of aromatic nitrogens is 1. The van der Waals surface area contributed by atoms with E-state index < -0.39 is 5.41 Å². The van der Waals surface area contributed by atoms with E-state index >= 15 is 0 Å². The first-order chi connectivity index (χ1) is 25.8. The standard InChI is InChI=1S/C49H31NO2/c1-2-12-32(13-3-1)50-43-19-9-6-16-36(43)38-26-30(23-25-44(38)50)31-22-24-35-37-28-47-48(52-46-21-11-10-20-45(46)51-47)29-42(37)49(41(35)27-31)39-17-7-4-14-33(39)34-15-5-8-18-40(34)49/h1-4,6-14,16-29H,5,15H2. The highest BCUT2D eigenvalue weighted by Gasteiger charge is 2.53. The molecule has 1 spiro atoms. The van der Waals surface area contributed by atoms with E-state index in [1.165, 1.54) is 83.1 Å². The smallest absolute Gasteiger partial charge is 0.170 e. The number of allylic oxidation sites excluding steroid dienone is 4. The molecular weight excluding hydrogens is 635 g/mol. The Balaban J connectivity index is 1.11. The third kappa shape index (κ3) is 3.60. The van der Waals surface area contributed by atoms with Crippen LogP contribution in [-0.2, 0) is 5.41 Å². The summed E-state index contributed by atoms with van der Waals surface area (Å²) in [6.45, 7) is 0. The predicted octanol–water partition coefficient (Wildman–Crippen LogP) is 12.8. The summed E-state index contributed by atoms with van der Waals surface area (Å²) >= 11 is 0. The lowest BCUT2D eigenvalue weighted by atomic mass is 9.68. The molecular formula is C49H31NO2. The molecule has 0 N–H and O–H groups in total. The molecule has 3 heteroatoms. The van der Waals surface area contributed by atoms with Gasteiger partial charge in [-0.3, -0.25) is 0 Å². The van der Waals surface area contributed by atoms with Gasteiger partial charge in [0, 0.05) is 16.5 Å². The number of nitrogens with zero attached hydrogens (tertiary/aromatic N) is 1. The van der Waals surface area contributed by atoms with Gasteiger partial charge in [0.15, 0.2) is 23.0 Å². The van der Waals surface area contributed by atoms with Crippen molar-refractivity contribution in [2.75, 3.05) is 0 Å². The number of ether oxygens (including phenoxy) is 2. The van der Waals surface area contributed by atoms with Crippen molar-refractivity contribution in [3.8, 4) is 50.9 Å². The Bertz CT molecular complexity index is 2910. The molecule has 0 radical (unpaired) electrons.